The molecular weight excluding hydrogens is 238 g/mol. The van der Waals surface area contributed by atoms with Crippen molar-refractivity contribution in [2.24, 2.45) is 0 Å². The predicted octanol–water partition coefficient (Wildman–Crippen LogP) is 2.33. The first-order valence-electron chi connectivity index (χ1n) is 6.02. The number of nitrogens with zero attached hydrogens (tertiary/aromatic N) is 2. The van der Waals surface area contributed by atoms with Gasteiger partial charge in [-0.2, -0.15) is 0 Å². The molecule has 1 aliphatic carbocycles. The van der Waals surface area contributed by atoms with E-state index in [1.54, 1.807) is 0 Å². The van der Waals surface area contributed by atoms with Gasteiger partial charge in [0.1, 0.15) is 16.8 Å². The van der Waals surface area contributed by atoms with Crippen molar-refractivity contribution in [1.29, 1.82) is 0 Å². The van der Waals surface area contributed by atoms with E-state index in [1.165, 1.54) is 0 Å². The highest BCUT2D eigenvalue weighted by molar-refractivity contribution is 6.30. The average Bonchev–Trinajstić information content (AvgIpc) is 2.28. The molecule has 0 unspecified atom stereocenters. The minimum absolute atomic E-state index is 0.134. The summed E-state index contributed by atoms with van der Waals surface area (Å²) in [4.78, 5) is 8.65. The first-order chi connectivity index (χ1) is 8.10. The Hall–Kier alpha value is -0.870. The third-order valence-corrected chi connectivity index (χ3v) is 3.81. The van der Waals surface area contributed by atoms with Crippen molar-refractivity contribution in [3.8, 4) is 0 Å². The number of rotatable bonds is 4. The Morgan fingerprint density at radius 1 is 1.41 bits per heavy atom. The molecule has 0 aliphatic heterocycles. The number of hydrogen-bond acceptors (Lipinski definition) is 4. The second kappa shape index (κ2) is 4.78. The van der Waals surface area contributed by atoms with Gasteiger partial charge in [0, 0.05) is 12.0 Å². The number of aliphatic hydroxyl groups excluding tert-OH is 1. The van der Waals surface area contributed by atoms with E-state index in [1.807, 2.05) is 13.8 Å². The lowest BCUT2D eigenvalue weighted by Crippen LogP contribution is -2.48. The molecule has 1 heterocycles. The number of halogens is 1. The summed E-state index contributed by atoms with van der Waals surface area (Å²) in [5.74, 6) is 1.49. The molecule has 1 aliphatic rings. The van der Waals surface area contributed by atoms with E-state index in [-0.39, 0.29) is 12.1 Å². The van der Waals surface area contributed by atoms with Crippen LogP contribution in [0.15, 0.2) is 0 Å². The number of aliphatic hydroxyl groups is 1. The minimum atomic E-state index is -0.201. The largest absolute Gasteiger partial charge is 0.394 e. The number of aryl methyl sites for hydroxylation is 1. The van der Waals surface area contributed by atoms with Gasteiger partial charge in [-0.15, -0.1) is 0 Å². The molecule has 0 spiro atoms. The van der Waals surface area contributed by atoms with Crippen molar-refractivity contribution in [3.63, 3.8) is 0 Å². The Kier molecular flexibility index (Phi) is 3.54. The smallest absolute Gasteiger partial charge is 0.137 e. The van der Waals surface area contributed by atoms with E-state index in [9.17, 15) is 5.11 Å². The third kappa shape index (κ3) is 2.38. The molecule has 0 aromatic carbocycles. The highest BCUT2D eigenvalue weighted by Crippen LogP contribution is 2.35. The van der Waals surface area contributed by atoms with Crippen molar-refractivity contribution in [2.75, 3.05) is 11.9 Å². The molecule has 1 fully saturated rings. The fourth-order valence-electron chi connectivity index (χ4n) is 1.99. The Bertz CT molecular complexity index is 413. The van der Waals surface area contributed by atoms with Crippen molar-refractivity contribution in [1.82, 2.24) is 9.97 Å². The first-order valence-corrected chi connectivity index (χ1v) is 6.40. The van der Waals surface area contributed by atoms with Crippen molar-refractivity contribution in [2.45, 2.75) is 45.1 Å². The van der Waals surface area contributed by atoms with Gasteiger partial charge in [0.05, 0.1) is 12.1 Å². The highest BCUT2D eigenvalue weighted by Gasteiger charge is 2.37. The summed E-state index contributed by atoms with van der Waals surface area (Å²) >= 11 is 6.08. The topological polar surface area (TPSA) is 58.0 Å². The molecule has 2 rings (SSSR count). The van der Waals surface area contributed by atoms with Gasteiger partial charge in [0.2, 0.25) is 0 Å². The van der Waals surface area contributed by atoms with Crippen LogP contribution >= 0.6 is 11.6 Å². The fourth-order valence-corrected chi connectivity index (χ4v) is 2.18. The second-order valence-corrected chi connectivity index (χ2v) is 5.03. The summed E-state index contributed by atoms with van der Waals surface area (Å²) in [6.07, 6.45) is 3.85. The summed E-state index contributed by atoms with van der Waals surface area (Å²) in [6.45, 7) is 4.03. The number of nitrogens with one attached hydrogen (secondary N) is 1. The van der Waals surface area contributed by atoms with E-state index >= 15 is 0 Å². The zero-order chi connectivity index (χ0) is 12.5. The number of anilines is 1. The van der Waals surface area contributed by atoms with Crippen molar-refractivity contribution >= 4 is 17.4 Å². The Morgan fingerprint density at radius 3 is 2.59 bits per heavy atom. The van der Waals surface area contributed by atoms with Gasteiger partial charge in [-0.25, -0.2) is 9.97 Å². The van der Waals surface area contributed by atoms with Gasteiger partial charge in [-0.1, -0.05) is 18.5 Å². The lowest BCUT2D eigenvalue weighted by molar-refractivity contribution is 0.143. The summed E-state index contributed by atoms with van der Waals surface area (Å²) in [7, 11) is 0. The molecule has 0 radical (unpaired) electrons. The molecule has 1 saturated carbocycles. The summed E-state index contributed by atoms with van der Waals surface area (Å²) < 4.78 is 0. The Balaban J connectivity index is 2.28. The van der Waals surface area contributed by atoms with Crippen molar-refractivity contribution < 1.29 is 5.11 Å². The zero-order valence-electron chi connectivity index (χ0n) is 10.3. The third-order valence-electron chi connectivity index (χ3n) is 3.45. The van der Waals surface area contributed by atoms with Gasteiger partial charge in [-0.3, -0.25) is 0 Å². The van der Waals surface area contributed by atoms with Gasteiger partial charge in [0.25, 0.3) is 0 Å². The maximum Gasteiger partial charge on any atom is 0.137 e. The van der Waals surface area contributed by atoms with Crippen LogP contribution in [-0.2, 0) is 6.42 Å². The SMILES string of the molecule is CCc1nc(Cl)c(C)c(NC2(CO)CCC2)n1. The predicted molar refractivity (Wildman–Crippen MR) is 68.4 cm³/mol. The molecule has 5 heteroatoms. The quantitative estimate of drug-likeness (QED) is 0.811. The molecule has 0 atom stereocenters. The van der Waals surface area contributed by atoms with E-state index in [0.29, 0.717) is 5.15 Å². The molecule has 17 heavy (non-hydrogen) atoms. The maximum absolute atomic E-state index is 9.45. The molecule has 94 valence electrons. The van der Waals surface area contributed by atoms with Crippen LogP contribution in [0.1, 0.15) is 37.6 Å². The summed E-state index contributed by atoms with van der Waals surface area (Å²) in [6, 6.07) is 0. The lowest BCUT2D eigenvalue weighted by atomic mass is 9.77. The fraction of sp³-hybridized carbons (Fsp3) is 0.667. The normalized spacial score (nSPS) is 17.6. The molecule has 0 amide bonds. The maximum atomic E-state index is 9.45. The number of hydrogen-bond donors (Lipinski definition) is 2. The molecule has 4 nitrogen and oxygen atoms in total. The van der Waals surface area contributed by atoms with Gasteiger partial charge in [0.15, 0.2) is 0 Å². The van der Waals surface area contributed by atoms with Crippen LogP contribution in [0.2, 0.25) is 5.15 Å². The standard InChI is InChI=1S/C12H18ClN3O/c1-3-9-14-10(13)8(2)11(15-9)16-12(7-17)5-4-6-12/h17H,3-7H2,1-2H3,(H,14,15,16). The van der Waals surface area contributed by atoms with E-state index in [0.717, 1.165) is 42.9 Å². The molecule has 0 saturated heterocycles. The second-order valence-electron chi connectivity index (χ2n) is 4.67. The molecule has 1 aromatic rings. The number of aromatic nitrogens is 2. The monoisotopic (exact) mass is 255 g/mol. The average molecular weight is 256 g/mol. The summed E-state index contributed by atoms with van der Waals surface area (Å²) in [5.41, 5.74) is 0.650. The van der Waals surface area contributed by atoms with Gasteiger partial charge < -0.3 is 10.4 Å². The van der Waals surface area contributed by atoms with Crippen LogP contribution in [-0.4, -0.2) is 27.2 Å². The first kappa shape index (κ1) is 12.6. The Morgan fingerprint density at radius 2 is 2.12 bits per heavy atom. The molecular formula is C12H18ClN3O. The molecule has 1 aromatic heterocycles. The van der Waals surface area contributed by atoms with Crippen LogP contribution in [0.25, 0.3) is 0 Å². The summed E-state index contributed by atoms with van der Waals surface area (Å²) in [5, 5.41) is 13.3. The highest BCUT2D eigenvalue weighted by atomic mass is 35.5. The van der Waals surface area contributed by atoms with Crippen LogP contribution in [0.3, 0.4) is 0 Å². The van der Waals surface area contributed by atoms with Crippen LogP contribution in [0, 0.1) is 6.92 Å². The van der Waals surface area contributed by atoms with Crippen LogP contribution in [0.5, 0.6) is 0 Å². The minimum Gasteiger partial charge on any atom is -0.394 e. The van der Waals surface area contributed by atoms with E-state index < -0.39 is 0 Å². The van der Waals surface area contributed by atoms with Gasteiger partial charge in [-0.05, 0) is 26.2 Å². The zero-order valence-corrected chi connectivity index (χ0v) is 11.0. The van der Waals surface area contributed by atoms with E-state index in [2.05, 4.69) is 15.3 Å². The van der Waals surface area contributed by atoms with Crippen LogP contribution in [0.4, 0.5) is 5.82 Å². The molecule has 2 N–H and O–H groups in total. The Labute approximate surface area is 106 Å². The molecule has 0 bridgehead atoms. The lowest BCUT2D eigenvalue weighted by Gasteiger charge is -2.41. The van der Waals surface area contributed by atoms with Crippen molar-refractivity contribution in [3.05, 3.63) is 16.5 Å². The van der Waals surface area contributed by atoms with E-state index in [4.69, 9.17) is 11.6 Å². The van der Waals surface area contributed by atoms with Gasteiger partial charge >= 0.3 is 0 Å². The van der Waals surface area contributed by atoms with Crippen LogP contribution < -0.4 is 5.32 Å².